The summed E-state index contributed by atoms with van der Waals surface area (Å²) < 4.78 is 5.33. The summed E-state index contributed by atoms with van der Waals surface area (Å²) in [5.74, 6) is 0.0621. The Morgan fingerprint density at radius 3 is 2.57 bits per heavy atom. The number of nitrogens with zero attached hydrogens (tertiary/aromatic N) is 3. The summed E-state index contributed by atoms with van der Waals surface area (Å²) in [6.45, 7) is 9.27. The second-order valence-electron chi connectivity index (χ2n) is 7.69. The summed E-state index contributed by atoms with van der Waals surface area (Å²) in [5.41, 5.74) is 1.18. The van der Waals surface area contributed by atoms with Crippen molar-refractivity contribution in [1.82, 2.24) is 20.4 Å². The molecule has 1 fully saturated rings. The number of ether oxygens (including phenoxy) is 1. The maximum atomic E-state index is 12.3. The Hall–Kier alpha value is -2.36. The smallest absolute Gasteiger partial charge is 0.286 e. The Kier molecular flexibility index (Phi) is 8.30. The van der Waals surface area contributed by atoms with E-state index in [2.05, 4.69) is 39.6 Å². The SMILES string of the molecule is CC(C)Cc1nnc(C(=O)Nc2ccc(C(=O)NCCCN3CCOCC3)cc2)s1. The number of anilines is 1. The summed E-state index contributed by atoms with van der Waals surface area (Å²) in [6, 6.07) is 6.85. The Morgan fingerprint density at radius 1 is 1.13 bits per heavy atom. The molecule has 0 unspecified atom stereocenters. The number of carbonyl (C=O) groups is 2. The third-order valence-electron chi connectivity index (χ3n) is 4.69. The predicted molar refractivity (Wildman–Crippen MR) is 117 cm³/mol. The third-order valence-corrected chi connectivity index (χ3v) is 5.63. The van der Waals surface area contributed by atoms with Gasteiger partial charge < -0.3 is 15.4 Å². The molecule has 9 heteroatoms. The Bertz CT molecular complexity index is 831. The van der Waals surface area contributed by atoms with E-state index in [1.54, 1.807) is 24.3 Å². The van der Waals surface area contributed by atoms with Crippen LogP contribution in [-0.2, 0) is 11.2 Å². The maximum absolute atomic E-state index is 12.3. The standard InChI is InChI=1S/C21H29N5O3S/c1-15(2)14-18-24-25-21(30-18)20(28)23-17-6-4-16(5-7-17)19(27)22-8-3-9-26-10-12-29-13-11-26/h4-7,15H,3,8-14H2,1-2H3,(H,22,27)(H,23,28). The molecule has 1 aliphatic rings. The van der Waals surface area contributed by atoms with Gasteiger partial charge in [-0.3, -0.25) is 14.5 Å². The average Bonchev–Trinajstić information content (AvgIpc) is 3.20. The quantitative estimate of drug-likeness (QED) is 0.592. The number of rotatable bonds is 9. The molecule has 0 saturated carbocycles. The summed E-state index contributed by atoms with van der Waals surface area (Å²) >= 11 is 1.31. The molecule has 0 atom stereocenters. The molecular formula is C21H29N5O3S. The van der Waals surface area contributed by atoms with Crippen LogP contribution in [0.3, 0.4) is 0 Å². The van der Waals surface area contributed by atoms with Crippen LogP contribution >= 0.6 is 11.3 Å². The second kappa shape index (κ2) is 11.1. The molecule has 0 bridgehead atoms. The fourth-order valence-corrected chi connectivity index (χ4v) is 4.04. The highest BCUT2D eigenvalue weighted by Crippen LogP contribution is 2.16. The first-order chi connectivity index (χ1) is 14.5. The summed E-state index contributed by atoms with van der Waals surface area (Å²) in [4.78, 5) is 27.0. The lowest BCUT2D eigenvalue weighted by Gasteiger charge is -2.26. The van der Waals surface area contributed by atoms with Crippen LogP contribution < -0.4 is 10.6 Å². The number of hydrogen-bond acceptors (Lipinski definition) is 7. The first-order valence-corrected chi connectivity index (χ1v) is 11.1. The summed E-state index contributed by atoms with van der Waals surface area (Å²) in [7, 11) is 0. The molecule has 1 saturated heterocycles. The average molecular weight is 432 g/mol. The van der Waals surface area contributed by atoms with Gasteiger partial charge in [-0.1, -0.05) is 25.2 Å². The van der Waals surface area contributed by atoms with Gasteiger partial charge in [0.15, 0.2) is 0 Å². The normalized spacial score (nSPS) is 14.6. The minimum absolute atomic E-state index is 0.114. The van der Waals surface area contributed by atoms with Gasteiger partial charge in [0.05, 0.1) is 13.2 Å². The molecule has 1 aromatic carbocycles. The van der Waals surface area contributed by atoms with Crippen LogP contribution in [0.25, 0.3) is 0 Å². The minimum Gasteiger partial charge on any atom is -0.379 e. The van der Waals surface area contributed by atoms with Crippen LogP contribution in [0.5, 0.6) is 0 Å². The number of hydrogen-bond donors (Lipinski definition) is 2. The fraction of sp³-hybridized carbons (Fsp3) is 0.524. The van der Waals surface area contributed by atoms with E-state index in [0.29, 0.717) is 28.7 Å². The van der Waals surface area contributed by atoms with Gasteiger partial charge >= 0.3 is 0 Å². The van der Waals surface area contributed by atoms with Crippen molar-refractivity contribution in [1.29, 1.82) is 0 Å². The third kappa shape index (κ3) is 6.86. The molecule has 1 aromatic heterocycles. The highest BCUT2D eigenvalue weighted by molar-refractivity contribution is 7.13. The van der Waals surface area contributed by atoms with Gasteiger partial charge in [0, 0.05) is 37.3 Å². The van der Waals surface area contributed by atoms with E-state index in [-0.39, 0.29) is 11.8 Å². The van der Waals surface area contributed by atoms with Gasteiger partial charge in [0.2, 0.25) is 5.01 Å². The number of morpholine rings is 1. The second-order valence-corrected chi connectivity index (χ2v) is 8.76. The molecule has 162 valence electrons. The van der Waals surface area contributed by atoms with E-state index < -0.39 is 0 Å². The molecule has 0 radical (unpaired) electrons. The molecule has 0 aliphatic carbocycles. The molecule has 2 aromatic rings. The highest BCUT2D eigenvalue weighted by Gasteiger charge is 2.14. The molecule has 1 aliphatic heterocycles. The first kappa shape index (κ1) is 22.3. The molecule has 0 spiro atoms. The molecule has 30 heavy (non-hydrogen) atoms. The molecule has 2 heterocycles. The molecule has 3 rings (SSSR count). The van der Waals surface area contributed by atoms with E-state index >= 15 is 0 Å². The van der Waals surface area contributed by atoms with E-state index in [4.69, 9.17) is 4.74 Å². The number of amides is 2. The van der Waals surface area contributed by atoms with E-state index in [9.17, 15) is 9.59 Å². The van der Waals surface area contributed by atoms with Crippen LogP contribution in [0.2, 0.25) is 0 Å². The Morgan fingerprint density at radius 2 is 1.87 bits per heavy atom. The highest BCUT2D eigenvalue weighted by atomic mass is 32.1. The number of benzene rings is 1. The van der Waals surface area contributed by atoms with Crippen LogP contribution in [0.15, 0.2) is 24.3 Å². The van der Waals surface area contributed by atoms with Crippen molar-refractivity contribution in [2.75, 3.05) is 44.7 Å². The van der Waals surface area contributed by atoms with Gasteiger partial charge in [-0.05, 0) is 43.1 Å². The number of nitrogens with one attached hydrogen (secondary N) is 2. The van der Waals surface area contributed by atoms with Crippen LogP contribution in [0.4, 0.5) is 5.69 Å². The van der Waals surface area contributed by atoms with Gasteiger partial charge in [-0.2, -0.15) is 0 Å². The topological polar surface area (TPSA) is 96.5 Å². The van der Waals surface area contributed by atoms with Crippen molar-refractivity contribution in [3.63, 3.8) is 0 Å². The van der Waals surface area contributed by atoms with Crippen LogP contribution in [0, 0.1) is 5.92 Å². The van der Waals surface area contributed by atoms with Crippen molar-refractivity contribution in [2.24, 2.45) is 5.92 Å². The van der Waals surface area contributed by atoms with Crippen molar-refractivity contribution in [2.45, 2.75) is 26.7 Å². The zero-order valence-corrected chi connectivity index (χ0v) is 18.3. The maximum Gasteiger partial charge on any atom is 0.286 e. The predicted octanol–water partition coefficient (Wildman–Crippen LogP) is 2.44. The fourth-order valence-electron chi connectivity index (χ4n) is 3.10. The summed E-state index contributed by atoms with van der Waals surface area (Å²) in [5, 5.41) is 15.0. The molecule has 2 N–H and O–H groups in total. The molecule has 2 amide bonds. The molecular weight excluding hydrogens is 402 g/mol. The first-order valence-electron chi connectivity index (χ1n) is 10.3. The lowest BCUT2D eigenvalue weighted by atomic mass is 10.1. The Balaban J connectivity index is 1.42. The minimum atomic E-state index is -0.289. The van der Waals surface area contributed by atoms with Crippen molar-refractivity contribution in [3.05, 3.63) is 39.8 Å². The van der Waals surface area contributed by atoms with Crippen molar-refractivity contribution >= 4 is 28.8 Å². The van der Waals surface area contributed by atoms with Crippen molar-refractivity contribution < 1.29 is 14.3 Å². The van der Waals surface area contributed by atoms with Gasteiger partial charge in [-0.15, -0.1) is 10.2 Å². The van der Waals surface area contributed by atoms with E-state index in [0.717, 1.165) is 50.7 Å². The van der Waals surface area contributed by atoms with Gasteiger partial charge in [0.1, 0.15) is 5.01 Å². The zero-order valence-electron chi connectivity index (χ0n) is 17.5. The van der Waals surface area contributed by atoms with Crippen LogP contribution in [-0.4, -0.2) is 66.3 Å². The van der Waals surface area contributed by atoms with Crippen molar-refractivity contribution in [3.8, 4) is 0 Å². The Labute approximate surface area is 181 Å². The summed E-state index contributed by atoms with van der Waals surface area (Å²) in [6.07, 6.45) is 1.71. The van der Waals surface area contributed by atoms with E-state index in [1.165, 1.54) is 11.3 Å². The lowest BCUT2D eigenvalue weighted by molar-refractivity contribution is 0.0374. The lowest BCUT2D eigenvalue weighted by Crippen LogP contribution is -2.38. The largest absolute Gasteiger partial charge is 0.379 e. The zero-order chi connectivity index (χ0) is 21.3. The van der Waals surface area contributed by atoms with E-state index in [1.807, 2.05) is 0 Å². The van der Waals surface area contributed by atoms with Gasteiger partial charge in [0.25, 0.3) is 11.8 Å². The van der Waals surface area contributed by atoms with Crippen LogP contribution in [0.1, 0.15) is 45.4 Å². The number of carbonyl (C=O) groups excluding carboxylic acids is 2. The number of aromatic nitrogens is 2. The molecule has 8 nitrogen and oxygen atoms in total. The monoisotopic (exact) mass is 431 g/mol. The van der Waals surface area contributed by atoms with Gasteiger partial charge in [-0.25, -0.2) is 0 Å².